The molecular formula is C21H27N3O2. The van der Waals surface area contributed by atoms with Crippen molar-refractivity contribution in [1.29, 1.82) is 0 Å². The van der Waals surface area contributed by atoms with Crippen LogP contribution in [0.2, 0.25) is 0 Å². The minimum absolute atomic E-state index is 0.144. The highest BCUT2D eigenvalue weighted by Gasteiger charge is 2.21. The number of carbonyl (C=O) groups is 1. The Bertz CT molecular complexity index is 735. The van der Waals surface area contributed by atoms with Crippen LogP contribution in [0.4, 0.5) is 0 Å². The molecule has 0 aliphatic carbocycles. The lowest BCUT2D eigenvalue weighted by molar-refractivity contribution is -0.0704. The minimum atomic E-state index is -0.144. The quantitative estimate of drug-likeness (QED) is 0.898. The number of hydrogen-bond acceptors (Lipinski definition) is 4. The molecular weight excluding hydrogens is 326 g/mol. The first-order valence-corrected chi connectivity index (χ1v) is 9.17. The first-order chi connectivity index (χ1) is 12.5. The van der Waals surface area contributed by atoms with Gasteiger partial charge < -0.3 is 10.1 Å². The van der Waals surface area contributed by atoms with Gasteiger partial charge >= 0.3 is 0 Å². The molecule has 1 aromatic carbocycles. The second-order valence-electron chi connectivity index (χ2n) is 7.11. The predicted octanol–water partition coefficient (Wildman–Crippen LogP) is 2.93. The largest absolute Gasteiger partial charge is 0.373 e. The number of nitrogens with zero attached hydrogens (tertiary/aromatic N) is 2. The van der Waals surface area contributed by atoms with Crippen LogP contribution in [0.5, 0.6) is 0 Å². The smallest absolute Gasteiger partial charge is 0.270 e. The Balaban J connectivity index is 1.52. The molecule has 2 heterocycles. The van der Waals surface area contributed by atoms with Crippen LogP contribution < -0.4 is 5.32 Å². The van der Waals surface area contributed by atoms with Crippen molar-refractivity contribution in [3.8, 4) is 0 Å². The summed E-state index contributed by atoms with van der Waals surface area (Å²) in [6.45, 7) is 9.48. The predicted molar refractivity (Wildman–Crippen MR) is 102 cm³/mol. The maximum Gasteiger partial charge on any atom is 0.270 e. The molecule has 2 unspecified atom stereocenters. The van der Waals surface area contributed by atoms with Gasteiger partial charge in [-0.25, -0.2) is 4.98 Å². The summed E-state index contributed by atoms with van der Waals surface area (Å²) in [7, 11) is 0. The highest BCUT2D eigenvalue weighted by molar-refractivity contribution is 5.92. The van der Waals surface area contributed by atoms with Crippen molar-refractivity contribution in [2.24, 2.45) is 0 Å². The number of amides is 1. The molecule has 1 amide bonds. The van der Waals surface area contributed by atoms with Crippen LogP contribution in [-0.2, 0) is 17.8 Å². The number of nitrogens with one attached hydrogen (secondary N) is 1. The molecule has 1 saturated heterocycles. The van der Waals surface area contributed by atoms with Gasteiger partial charge in [-0.2, -0.15) is 0 Å². The topological polar surface area (TPSA) is 54.5 Å². The van der Waals surface area contributed by atoms with Gasteiger partial charge in [0, 0.05) is 31.9 Å². The molecule has 3 rings (SSSR count). The van der Waals surface area contributed by atoms with E-state index in [1.807, 2.05) is 19.1 Å². The summed E-state index contributed by atoms with van der Waals surface area (Å²) >= 11 is 0. The zero-order valence-electron chi connectivity index (χ0n) is 15.7. The van der Waals surface area contributed by atoms with Crippen molar-refractivity contribution < 1.29 is 9.53 Å². The van der Waals surface area contributed by atoms with E-state index in [0.29, 0.717) is 12.2 Å². The van der Waals surface area contributed by atoms with Gasteiger partial charge in [0.15, 0.2) is 0 Å². The number of aryl methyl sites for hydroxylation is 1. The summed E-state index contributed by atoms with van der Waals surface area (Å²) in [5.74, 6) is -0.144. The van der Waals surface area contributed by atoms with Crippen LogP contribution in [0.15, 0.2) is 42.5 Å². The summed E-state index contributed by atoms with van der Waals surface area (Å²) in [6.07, 6.45) is 0.562. The standard InChI is InChI=1S/C21H27N3O2/c1-15-5-4-6-20(23-15)21(25)22-11-18-7-9-19(10-8-18)14-24-12-16(2)26-17(3)13-24/h4-10,16-17H,11-14H2,1-3H3,(H,22,25). The van der Waals surface area contributed by atoms with E-state index in [-0.39, 0.29) is 18.1 Å². The Morgan fingerprint density at radius 2 is 1.77 bits per heavy atom. The van der Waals surface area contributed by atoms with E-state index in [9.17, 15) is 4.79 Å². The van der Waals surface area contributed by atoms with Gasteiger partial charge in [0.2, 0.25) is 0 Å². The highest BCUT2D eigenvalue weighted by Crippen LogP contribution is 2.15. The van der Waals surface area contributed by atoms with E-state index < -0.39 is 0 Å². The van der Waals surface area contributed by atoms with Gasteiger partial charge in [0.25, 0.3) is 5.91 Å². The van der Waals surface area contributed by atoms with E-state index in [0.717, 1.165) is 30.9 Å². The molecule has 1 fully saturated rings. The van der Waals surface area contributed by atoms with Gasteiger partial charge in [0.1, 0.15) is 5.69 Å². The average Bonchev–Trinajstić information content (AvgIpc) is 2.60. The van der Waals surface area contributed by atoms with Gasteiger partial charge in [-0.15, -0.1) is 0 Å². The van der Waals surface area contributed by atoms with Crippen molar-refractivity contribution in [3.63, 3.8) is 0 Å². The zero-order valence-corrected chi connectivity index (χ0v) is 15.7. The van der Waals surface area contributed by atoms with E-state index in [1.165, 1.54) is 5.56 Å². The fourth-order valence-electron chi connectivity index (χ4n) is 3.38. The van der Waals surface area contributed by atoms with Gasteiger partial charge in [-0.1, -0.05) is 30.3 Å². The summed E-state index contributed by atoms with van der Waals surface area (Å²) in [6, 6.07) is 13.9. The lowest BCUT2D eigenvalue weighted by atomic mass is 10.1. The van der Waals surface area contributed by atoms with Crippen LogP contribution in [0.3, 0.4) is 0 Å². The lowest BCUT2D eigenvalue weighted by Crippen LogP contribution is -2.44. The molecule has 0 radical (unpaired) electrons. The third-order valence-electron chi connectivity index (χ3n) is 4.50. The average molecular weight is 353 g/mol. The maximum absolute atomic E-state index is 12.2. The molecule has 5 nitrogen and oxygen atoms in total. The summed E-state index contributed by atoms with van der Waals surface area (Å²) in [5.41, 5.74) is 3.66. The summed E-state index contributed by atoms with van der Waals surface area (Å²) < 4.78 is 5.78. The summed E-state index contributed by atoms with van der Waals surface area (Å²) in [4.78, 5) is 18.8. The van der Waals surface area contributed by atoms with Gasteiger partial charge in [0.05, 0.1) is 12.2 Å². The Morgan fingerprint density at radius 1 is 1.12 bits per heavy atom. The molecule has 2 atom stereocenters. The number of rotatable bonds is 5. The fourth-order valence-corrected chi connectivity index (χ4v) is 3.38. The Labute approximate surface area is 155 Å². The molecule has 1 aromatic heterocycles. The molecule has 26 heavy (non-hydrogen) atoms. The number of aromatic nitrogens is 1. The molecule has 1 N–H and O–H groups in total. The number of morpholine rings is 1. The SMILES string of the molecule is Cc1cccc(C(=O)NCc2ccc(CN3CC(C)OC(C)C3)cc2)n1. The van der Waals surface area contributed by atoms with Gasteiger partial charge in [-0.05, 0) is 44.0 Å². The monoisotopic (exact) mass is 353 g/mol. The Kier molecular flexibility index (Phi) is 6.01. The number of hydrogen-bond donors (Lipinski definition) is 1. The van der Waals surface area contributed by atoms with Crippen molar-refractivity contribution >= 4 is 5.91 Å². The second kappa shape index (κ2) is 8.43. The first kappa shape index (κ1) is 18.5. The third kappa shape index (κ3) is 5.13. The van der Waals surface area contributed by atoms with Crippen molar-refractivity contribution in [1.82, 2.24) is 15.2 Å². The van der Waals surface area contributed by atoms with E-state index in [2.05, 4.69) is 53.3 Å². The zero-order chi connectivity index (χ0) is 18.5. The van der Waals surface area contributed by atoms with Crippen molar-refractivity contribution in [3.05, 3.63) is 65.0 Å². The lowest BCUT2D eigenvalue weighted by Gasteiger charge is -2.35. The molecule has 1 aliphatic heterocycles. The maximum atomic E-state index is 12.2. The van der Waals surface area contributed by atoms with Gasteiger partial charge in [-0.3, -0.25) is 9.69 Å². The van der Waals surface area contributed by atoms with Crippen LogP contribution >= 0.6 is 0 Å². The highest BCUT2D eigenvalue weighted by atomic mass is 16.5. The van der Waals surface area contributed by atoms with Crippen LogP contribution in [0.25, 0.3) is 0 Å². The summed E-state index contributed by atoms with van der Waals surface area (Å²) in [5, 5.41) is 2.93. The molecule has 0 saturated carbocycles. The van der Waals surface area contributed by atoms with E-state index >= 15 is 0 Å². The molecule has 2 aromatic rings. The normalized spacial score (nSPS) is 20.7. The number of pyridine rings is 1. The minimum Gasteiger partial charge on any atom is -0.373 e. The Hall–Kier alpha value is -2.24. The molecule has 1 aliphatic rings. The van der Waals surface area contributed by atoms with E-state index in [4.69, 9.17) is 4.74 Å². The fraction of sp³-hybridized carbons (Fsp3) is 0.429. The Morgan fingerprint density at radius 3 is 2.42 bits per heavy atom. The van der Waals surface area contributed by atoms with Crippen LogP contribution in [-0.4, -0.2) is 41.1 Å². The number of ether oxygens (including phenoxy) is 1. The molecule has 5 heteroatoms. The number of carbonyl (C=O) groups excluding carboxylic acids is 1. The van der Waals surface area contributed by atoms with Crippen LogP contribution in [0.1, 0.15) is 41.2 Å². The van der Waals surface area contributed by atoms with Crippen LogP contribution in [0, 0.1) is 6.92 Å². The van der Waals surface area contributed by atoms with Crippen molar-refractivity contribution in [2.45, 2.75) is 46.1 Å². The van der Waals surface area contributed by atoms with E-state index in [1.54, 1.807) is 6.07 Å². The molecule has 0 spiro atoms. The number of benzene rings is 1. The second-order valence-corrected chi connectivity index (χ2v) is 7.11. The van der Waals surface area contributed by atoms with Crippen molar-refractivity contribution in [2.75, 3.05) is 13.1 Å². The first-order valence-electron chi connectivity index (χ1n) is 9.17. The molecule has 0 bridgehead atoms. The molecule has 138 valence electrons. The third-order valence-corrected chi connectivity index (χ3v) is 4.50.